The van der Waals surface area contributed by atoms with Crippen molar-refractivity contribution in [2.45, 2.75) is 50.3 Å². The minimum Gasteiger partial charge on any atom is -0.367 e. The number of piperazine rings is 1. The van der Waals surface area contributed by atoms with Gasteiger partial charge in [-0.3, -0.25) is 33.7 Å². The molecule has 36 heavy (non-hydrogen) atoms. The molecule has 4 heterocycles. The predicted molar refractivity (Wildman–Crippen MR) is 132 cm³/mol. The maximum atomic E-state index is 13.0. The van der Waals surface area contributed by atoms with E-state index < -0.39 is 11.9 Å². The molecule has 0 saturated carbocycles. The molecular weight excluding hydrogens is 464 g/mol. The maximum Gasteiger partial charge on any atom is 0.329 e. The molecule has 3 atom stereocenters. The number of fused-ring (bicyclic) bond motifs is 1. The van der Waals surface area contributed by atoms with E-state index in [1.54, 1.807) is 11.6 Å². The number of hydrogen-bond acceptors (Lipinski definition) is 7. The molecule has 3 aliphatic rings. The fraction of sp³-hybridized carbons (Fsp3) is 0.600. The van der Waals surface area contributed by atoms with Crippen LogP contribution in [-0.2, 0) is 32.6 Å². The number of nitrogens with two attached hydrogens (primary N) is 1. The number of aromatic nitrogens is 2. The molecule has 2 unspecified atom stereocenters. The summed E-state index contributed by atoms with van der Waals surface area (Å²) in [7, 11) is 1.71. The fourth-order valence-corrected chi connectivity index (χ4v) is 5.44. The summed E-state index contributed by atoms with van der Waals surface area (Å²) in [5.41, 5.74) is 8.16. The number of hydrogen-bond donors (Lipinski definition) is 2. The Labute approximate surface area is 209 Å². The standard InChI is InChI=1S/C25H34N6O5/c1-28-20-14-16(2-4-18(20)31(25(28)35)19-5-7-22(32)27-23(19)33)8-9-29-10-12-30(13-11-29)24(34)21-6-3-17(26)15-36-21/h2,4,14,17,19,21H,3,5-13,15,26H2,1H3,(H,27,32,33)/t17-,19?,21?/m1/s1. The van der Waals surface area contributed by atoms with Gasteiger partial charge in [-0.15, -0.1) is 0 Å². The van der Waals surface area contributed by atoms with Crippen molar-refractivity contribution in [3.8, 4) is 0 Å². The van der Waals surface area contributed by atoms with E-state index in [-0.39, 0.29) is 36.1 Å². The quantitative estimate of drug-likeness (QED) is 0.532. The first-order valence-corrected chi connectivity index (χ1v) is 12.7. The van der Waals surface area contributed by atoms with Crippen molar-refractivity contribution >= 4 is 28.8 Å². The number of aryl methyl sites for hydroxylation is 1. The van der Waals surface area contributed by atoms with Crippen LogP contribution in [-0.4, -0.2) is 88.1 Å². The lowest BCUT2D eigenvalue weighted by atomic mass is 10.0. The minimum absolute atomic E-state index is 0.0310. The first kappa shape index (κ1) is 24.7. The largest absolute Gasteiger partial charge is 0.367 e. The molecule has 1 aromatic carbocycles. The van der Waals surface area contributed by atoms with Gasteiger partial charge in [0, 0.05) is 52.2 Å². The molecule has 1 aromatic heterocycles. The lowest BCUT2D eigenvalue weighted by Gasteiger charge is -2.37. The van der Waals surface area contributed by atoms with Gasteiger partial charge in [0.05, 0.1) is 17.6 Å². The number of piperidine rings is 1. The molecule has 3 amide bonds. The van der Waals surface area contributed by atoms with Gasteiger partial charge in [-0.05, 0) is 43.4 Å². The Kier molecular flexibility index (Phi) is 6.96. The predicted octanol–water partition coefficient (Wildman–Crippen LogP) is -0.489. The van der Waals surface area contributed by atoms with Gasteiger partial charge in [0.25, 0.3) is 5.91 Å². The summed E-state index contributed by atoms with van der Waals surface area (Å²) in [6, 6.07) is 5.24. The van der Waals surface area contributed by atoms with E-state index in [9.17, 15) is 19.2 Å². The zero-order chi connectivity index (χ0) is 25.4. The molecular formula is C25H34N6O5. The van der Waals surface area contributed by atoms with Gasteiger partial charge >= 0.3 is 5.69 Å². The SMILES string of the molecule is Cn1c(=O)n(C2CCC(=O)NC2=O)c2ccc(CCN3CCN(C(=O)C4CC[C@@H](N)CO4)CC3)cc21. The summed E-state index contributed by atoms with van der Waals surface area (Å²) in [6.07, 6.45) is 2.51. The number of carbonyl (C=O) groups excluding carboxylic acids is 3. The summed E-state index contributed by atoms with van der Waals surface area (Å²) >= 11 is 0. The van der Waals surface area contributed by atoms with Crippen LogP contribution in [0.25, 0.3) is 11.0 Å². The average Bonchev–Trinajstić information content (AvgIpc) is 3.12. The van der Waals surface area contributed by atoms with Crippen LogP contribution in [0.15, 0.2) is 23.0 Å². The zero-order valence-electron chi connectivity index (χ0n) is 20.6. The van der Waals surface area contributed by atoms with E-state index in [1.165, 1.54) is 4.57 Å². The van der Waals surface area contributed by atoms with E-state index in [2.05, 4.69) is 10.2 Å². The van der Waals surface area contributed by atoms with Gasteiger partial charge in [-0.2, -0.15) is 0 Å². The van der Waals surface area contributed by atoms with Crippen molar-refractivity contribution in [2.24, 2.45) is 12.8 Å². The Hall–Kier alpha value is -3.02. The van der Waals surface area contributed by atoms with Crippen LogP contribution in [0, 0.1) is 0 Å². The number of imide groups is 1. The van der Waals surface area contributed by atoms with Crippen LogP contribution in [0.4, 0.5) is 0 Å². The molecule has 0 aliphatic carbocycles. The molecule has 5 rings (SSSR count). The summed E-state index contributed by atoms with van der Waals surface area (Å²) in [5.74, 6) is -0.654. The number of benzene rings is 1. The average molecular weight is 499 g/mol. The minimum atomic E-state index is -0.681. The lowest BCUT2D eigenvalue weighted by molar-refractivity contribution is -0.148. The number of amides is 3. The first-order chi connectivity index (χ1) is 17.3. The molecule has 0 radical (unpaired) electrons. The van der Waals surface area contributed by atoms with Crippen molar-refractivity contribution in [3.63, 3.8) is 0 Å². The highest BCUT2D eigenvalue weighted by molar-refractivity contribution is 6.00. The maximum absolute atomic E-state index is 13.0. The van der Waals surface area contributed by atoms with E-state index >= 15 is 0 Å². The normalized spacial score (nSPS) is 25.8. The molecule has 11 nitrogen and oxygen atoms in total. The van der Waals surface area contributed by atoms with Crippen LogP contribution in [0.5, 0.6) is 0 Å². The highest BCUT2D eigenvalue weighted by Crippen LogP contribution is 2.24. The third-order valence-electron chi connectivity index (χ3n) is 7.66. The van der Waals surface area contributed by atoms with Crippen LogP contribution < -0.4 is 16.7 Å². The first-order valence-electron chi connectivity index (χ1n) is 12.7. The number of imidazole rings is 1. The van der Waals surface area contributed by atoms with Crippen LogP contribution in [0.2, 0.25) is 0 Å². The third kappa shape index (κ3) is 4.82. The molecule has 0 bridgehead atoms. The van der Waals surface area contributed by atoms with Gasteiger partial charge in [0.15, 0.2) is 0 Å². The van der Waals surface area contributed by atoms with Gasteiger partial charge in [-0.1, -0.05) is 6.07 Å². The molecule has 194 valence electrons. The van der Waals surface area contributed by atoms with Crippen molar-refractivity contribution in [3.05, 3.63) is 34.2 Å². The molecule has 3 aliphatic heterocycles. The van der Waals surface area contributed by atoms with Gasteiger partial charge in [0.1, 0.15) is 12.1 Å². The number of ether oxygens (including phenoxy) is 1. The zero-order valence-corrected chi connectivity index (χ0v) is 20.6. The summed E-state index contributed by atoms with van der Waals surface area (Å²) < 4.78 is 8.71. The summed E-state index contributed by atoms with van der Waals surface area (Å²) in [4.78, 5) is 53.9. The highest BCUT2D eigenvalue weighted by atomic mass is 16.5. The molecule has 11 heteroatoms. The van der Waals surface area contributed by atoms with Crippen LogP contribution in [0.1, 0.15) is 37.3 Å². The number of nitrogens with one attached hydrogen (secondary N) is 1. The van der Waals surface area contributed by atoms with Crippen molar-refractivity contribution < 1.29 is 19.1 Å². The topological polar surface area (TPSA) is 132 Å². The van der Waals surface area contributed by atoms with E-state index in [4.69, 9.17) is 10.5 Å². The Morgan fingerprint density at radius 1 is 1.08 bits per heavy atom. The number of rotatable bonds is 5. The Morgan fingerprint density at radius 3 is 2.56 bits per heavy atom. The monoisotopic (exact) mass is 498 g/mol. The van der Waals surface area contributed by atoms with E-state index in [0.29, 0.717) is 38.1 Å². The van der Waals surface area contributed by atoms with Gasteiger partial charge in [-0.25, -0.2) is 4.79 Å². The van der Waals surface area contributed by atoms with Crippen molar-refractivity contribution in [1.29, 1.82) is 0 Å². The second-order valence-electron chi connectivity index (χ2n) is 10.1. The van der Waals surface area contributed by atoms with Crippen LogP contribution >= 0.6 is 0 Å². The van der Waals surface area contributed by atoms with E-state index in [1.807, 2.05) is 23.1 Å². The van der Waals surface area contributed by atoms with Gasteiger partial charge < -0.3 is 15.4 Å². The van der Waals surface area contributed by atoms with Crippen molar-refractivity contribution in [2.75, 3.05) is 39.3 Å². The van der Waals surface area contributed by atoms with Gasteiger partial charge in [0.2, 0.25) is 11.8 Å². The Balaban J connectivity index is 1.19. The Morgan fingerprint density at radius 2 is 1.86 bits per heavy atom. The lowest BCUT2D eigenvalue weighted by Crippen LogP contribution is -2.53. The highest BCUT2D eigenvalue weighted by Gasteiger charge is 2.32. The molecule has 0 spiro atoms. The van der Waals surface area contributed by atoms with Crippen molar-refractivity contribution in [1.82, 2.24) is 24.3 Å². The summed E-state index contributed by atoms with van der Waals surface area (Å²) in [5, 5.41) is 2.34. The number of nitrogens with zero attached hydrogens (tertiary/aromatic N) is 4. The fourth-order valence-electron chi connectivity index (χ4n) is 5.44. The Bertz CT molecular complexity index is 1220. The van der Waals surface area contributed by atoms with E-state index in [0.717, 1.165) is 43.6 Å². The second kappa shape index (κ2) is 10.2. The second-order valence-corrected chi connectivity index (χ2v) is 10.1. The smallest absolute Gasteiger partial charge is 0.329 e. The third-order valence-corrected chi connectivity index (χ3v) is 7.66. The number of carbonyl (C=O) groups is 3. The molecule has 3 saturated heterocycles. The van der Waals surface area contributed by atoms with Crippen LogP contribution in [0.3, 0.4) is 0 Å². The molecule has 3 N–H and O–H groups in total. The molecule has 3 fully saturated rings. The summed E-state index contributed by atoms with van der Waals surface area (Å²) in [6.45, 7) is 4.29. The molecule has 2 aromatic rings.